The van der Waals surface area contributed by atoms with Gasteiger partial charge in [0, 0.05) is 53.0 Å². The van der Waals surface area contributed by atoms with Gasteiger partial charge in [-0.15, -0.1) is 0 Å². The molecule has 0 radical (unpaired) electrons. The molecule has 1 N–H and O–H groups in total. The second-order valence-corrected chi connectivity index (χ2v) is 13.1. The zero-order valence-corrected chi connectivity index (χ0v) is 24.9. The van der Waals surface area contributed by atoms with Crippen LogP contribution in [0.5, 0.6) is 5.88 Å². The summed E-state index contributed by atoms with van der Waals surface area (Å²) in [4.78, 5) is 25.5. The summed E-state index contributed by atoms with van der Waals surface area (Å²) in [6, 6.07) is 10.3. The van der Waals surface area contributed by atoms with Crippen molar-refractivity contribution >= 4 is 49.8 Å². The molecule has 2 aromatic heterocycles. The van der Waals surface area contributed by atoms with Crippen LogP contribution in [0.4, 0.5) is 15.8 Å². The van der Waals surface area contributed by atoms with Crippen molar-refractivity contribution in [2.24, 2.45) is 0 Å². The molecular formula is C30H29ClFN5O4S. The number of anilines is 2. The van der Waals surface area contributed by atoms with Gasteiger partial charge in [-0.3, -0.25) is 14.5 Å². The molecule has 42 heavy (non-hydrogen) atoms. The number of rotatable bonds is 9. The zero-order chi connectivity index (χ0) is 29.8. The Bertz CT molecular complexity index is 1830. The summed E-state index contributed by atoms with van der Waals surface area (Å²) < 4.78 is 50.6. The molecule has 0 unspecified atom stereocenters. The van der Waals surface area contributed by atoms with Gasteiger partial charge in [0.2, 0.25) is 11.8 Å². The van der Waals surface area contributed by atoms with Gasteiger partial charge in [0.1, 0.15) is 11.5 Å². The Hall–Kier alpha value is -3.80. The molecule has 2 aromatic carbocycles. The number of nitrogens with one attached hydrogen (secondary N) is 1. The highest BCUT2D eigenvalue weighted by Gasteiger charge is 2.59. The second kappa shape index (κ2) is 10.5. The lowest BCUT2D eigenvalue weighted by atomic mass is 9.92. The molecule has 1 saturated carbocycles. The molecule has 1 amide bonds. The quantitative estimate of drug-likeness (QED) is 0.259. The minimum absolute atomic E-state index is 0.00194. The van der Waals surface area contributed by atoms with Crippen molar-refractivity contribution in [3.05, 3.63) is 71.3 Å². The monoisotopic (exact) mass is 609 g/mol. The van der Waals surface area contributed by atoms with E-state index < -0.39 is 21.3 Å². The number of hydrogen-bond acceptors (Lipinski definition) is 7. The number of likely N-dealkylation sites (N-methyl/N-ethyl adjacent to an activating group) is 1. The maximum Gasteiger partial charge on any atom is 0.262 e. The topological polar surface area (TPSA) is 105 Å². The fourth-order valence-corrected chi connectivity index (χ4v) is 6.64. The number of aromatic nitrogens is 2. The largest absolute Gasteiger partial charge is 0.476 e. The van der Waals surface area contributed by atoms with Crippen molar-refractivity contribution in [3.63, 3.8) is 0 Å². The third-order valence-electron chi connectivity index (χ3n) is 7.76. The number of amides is 1. The Labute approximate surface area is 248 Å². The molecule has 12 heteroatoms. The lowest BCUT2D eigenvalue weighted by Gasteiger charge is -2.16. The average molecular weight is 610 g/mol. The lowest BCUT2D eigenvalue weighted by molar-refractivity contribution is -0.119. The van der Waals surface area contributed by atoms with Crippen LogP contribution < -0.4 is 14.4 Å². The van der Waals surface area contributed by atoms with Crippen LogP contribution >= 0.6 is 11.6 Å². The summed E-state index contributed by atoms with van der Waals surface area (Å²) in [5.41, 5.74) is 2.04. The van der Waals surface area contributed by atoms with Crippen LogP contribution in [0.25, 0.3) is 22.0 Å². The standard InChI is InChI=1S/C30H29ClFN5O4S/c1-36(2)11-4-12-41-28-25(35-42(39,40)20-7-5-19(31)6-8-20)13-18(16-34-28)21-14-22-24(15-23(21)32)33-17-26-27(22)30(9-10-30)29(38)37(26)3/h5-8,13-17,35H,4,9-12H2,1-3H3. The van der Waals surface area contributed by atoms with E-state index in [9.17, 15) is 13.2 Å². The van der Waals surface area contributed by atoms with Crippen LogP contribution in [0, 0.1) is 5.82 Å². The molecule has 1 aliphatic heterocycles. The minimum atomic E-state index is -4.05. The lowest BCUT2D eigenvalue weighted by Crippen LogP contribution is -2.28. The number of halogens is 2. The number of carbonyl (C=O) groups excluding carboxylic acids is 1. The number of hydrogen-bond donors (Lipinski definition) is 1. The van der Waals surface area contributed by atoms with Gasteiger partial charge in [0.05, 0.1) is 34.3 Å². The summed E-state index contributed by atoms with van der Waals surface area (Å²) in [6.45, 7) is 1.07. The number of carbonyl (C=O) groups is 1. The fourth-order valence-electron chi connectivity index (χ4n) is 5.46. The highest BCUT2D eigenvalue weighted by atomic mass is 35.5. The van der Waals surface area contributed by atoms with E-state index in [-0.39, 0.29) is 27.9 Å². The van der Waals surface area contributed by atoms with Crippen molar-refractivity contribution in [2.75, 3.05) is 43.9 Å². The molecule has 9 nitrogen and oxygen atoms in total. The smallest absolute Gasteiger partial charge is 0.262 e. The Morgan fingerprint density at radius 1 is 1.12 bits per heavy atom. The van der Waals surface area contributed by atoms with Gasteiger partial charge < -0.3 is 14.5 Å². The Morgan fingerprint density at radius 2 is 1.86 bits per heavy atom. The first-order valence-electron chi connectivity index (χ1n) is 13.5. The normalized spacial score (nSPS) is 15.5. The summed E-state index contributed by atoms with van der Waals surface area (Å²) in [7, 11) is 1.57. The van der Waals surface area contributed by atoms with E-state index in [1.54, 1.807) is 24.2 Å². The van der Waals surface area contributed by atoms with Crippen LogP contribution in [-0.4, -0.2) is 63.5 Å². The van der Waals surface area contributed by atoms with Gasteiger partial charge in [-0.25, -0.2) is 17.8 Å². The summed E-state index contributed by atoms with van der Waals surface area (Å²) in [5.74, 6) is -0.456. The Morgan fingerprint density at radius 3 is 2.55 bits per heavy atom. The number of fused-ring (bicyclic) bond motifs is 4. The van der Waals surface area contributed by atoms with Crippen LogP contribution in [-0.2, 0) is 20.2 Å². The molecule has 1 fully saturated rings. The summed E-state index contributed by atoms with van der Waals surface area (Å²) >= 11 is 5.95. The van der Waals surface area contributed by atoms with Gasteiger partial charge >= 0.3 is 0 Å². The van der Waals surface area contributed by atoms with Crippen LogP contribution in [0.2, 0.25) is 5.02 Å². The molecule has 1 aliphatic carbocycles. The Kier molecular flexibility index (Phi) is 7.07. The first-order valence-corrected chi connectivity index (χ1v) is 15.3. The van der Waals surface area contributed by atoms with Gasteiger partial charge in [-0.2, -0.15) is 0 Å². The van der Waals surface area contributed by atoms with E-state index >= 15 is 4.39 Å². The maximum absolute atomic E-state index is 15.6. The van der Waals surface area contributed by atoms with E-state index in [2.05, 4.69) is 14.7 Å². The molecule has 0 saturated heterocycles. The van der Waals surface area contributed by atoms with E-state index in [0.29, 0.717) is 34.5 Å². The highest BCUT2D eigenvalue weighted by Crippen LogP contribution is 2.58. The minimum Gasteiger partial charge on any atom is -0.476 e. The van der Waals surface area contributed by atoms with Crippen molar-refractivity contribution < 1.29 is 22.3 Å². The number of pyridine rings is 2. The maximum atomic E-state index is 15.6. The molecule has 0 bridgehead atoms. The second-order valence-electron chi connectivity index (χ2n) is 11.0. The summed E-state index contributed by atoms with van der Waals surface area (Å²) in [5, 5.41) is 1.09. The summed E-state index contributed by atoms with van der Waals surface area (Å²) in [6.07, 6.45) is 5.22. The third kappa shape index (κ3) is 4.95. The zero-order valence-electron chi connectivity index (χ0n) is 23.3. The first-order chi connectivity index (χ1) is 20.0. The predicted octanol–water partition coefficient (Wildman–Crippen LogP) is 5.23. The number of nitrogens with zero attached hydrogens (tertiary/aromatic N) is 4. The number of ether oxygens (including phenoxy) is 1. The van der Waals surface area contributed by atoms with E-state index in [4.69, 9.17) is 16.3 Å². The molecule has 4 aromatic rings. The van der Waals surface area contributed by atoms with E-state index in [0.717, 1.165) is 30.6 Å². The van der Waals surface area contributed by atoms with Crippen molar-refractivity contribution in [1.82, 2.24) is 14.9 Å². The molecular weight excluding hydrogens is 581 g/mol. The van der Waals surface area contributed by atoms with Gasteiger partial charge in [0.15, 0.2) is 0 Å². The molecule has 0 atom stereocenters. The van der Waals surface area contributed by atoms with Crippen LogP contribution in [0.15, 0.2) is 59.8 Å². The van der Waals surface area contributed by atoms with E-state index in [1.807, 2.05) is 19.0 Å². The predicted molar refractivity (Wildman–Crippen MR) is 160 cm³/mol. The van der Waals surface area contributed by atoms with Crippen molar-refractivity contribution in [3.8, 4) is 17.0 Å². The molecule has 6 rings (SSSR count). The molecule has 218 valence electrons. The average Bonchev–Trinajstić information content (AvgIpc) is 3.72. The van der Waals surface area contributed by atoms with Gasteiger partial charge in [0.25, 0.3) is 10.0 Å². The molecule has 2 aliphatic rings. The van der Waals surface area contributed by atoms with Crippen LogP contribution in [0.1, 0.15) is 24.8 Å². The van der Waals surface area contributed by atoms with Gasteiger partial charge in [-0.05, 0) is 69.8 Å². The van der Waals surface area contributed by atoms with Crippen molar-refractivity contribution in [1.29, 1.82) is 0 Å². The first kappa shape index (κ1) is 28.3. The van der Waals surface area contributed by atoms with Crippen molar-refractivity contribution in [2.45, 2.75) is 29.6 Å². The van der Waals surface area contributed by atoms with E-state index in [1.165, 1.54) is 42.6 Å². The Balaban J connectivity index is 1.43. The number of sulfonamides is 1. The highest BCUT2D eigenvalue weighted by molar-refractivity contribution is 7.92. The van der Waals surface area contributed by atoms with Crippen LogP contribution in [0.3, 0.4) is 0 Å². The molecule has 3 heterocycles. The number of benzene rings is 2. The fraction of sp³-hybridized carbons (Fsp3) is 0.300. The molecule has 1 spiro atoms. The van der Waals surface area contributed by atoms with Gasteiger partial charge in [-0.1, -0.05) is 11.6 Å². The third-order valence-corrected chi connectivity index (χ3v) is 9.39. The SMILES string of the molecule is CN(C)CCCOc1ncc(-c2cc3c4c(cnc3cc2F)N(C)C(=O)C42CC2)cc1NS(=O)(=O)c1ccc(Cl)cc1.